The first kappa shape index (κ1) is 21.2. The number of anilines is 1. The van der Waals surface area contributed by atoms with Gasteiger partial charge in [-0.1, -0.05) is 29.8 Å². The Morgan fingerprint density at radius 2 is 1.97 bits per heavy atom. The molecule has 0 bridgehead atoms. The molecular weight excluding hydrogens is 409 g/mol. The van der Waals surface area contributed by atoms with E-state index in [1.54, 1.807) is 37.3 Å². The minimum absolute atomic E-state index is 0.00376. The molecule has 0 aliphatic rings. The van der Waals surface area contributed by atoms with E-state index in [2.05, 4.69) is 20.6 Å². The average molecular weight is 428 g/mol. The van der Waals surface area contributed by atoms with E-state index in [0.29, 0.717) is 16.8 Å². The van der Waals surface area contributed by atoms with Crippen molar-refractivity contribution in [2.45, 2.75) is 13.5 Å². The number of aryl methyl sites for hydroxylation is 1. The summed E-state index contributed by atoms with van der Waals surface area (Å²) < 4.78 is 14.0. The number of nitrogens with zero attached hydrogens (tertiary/aromatic N) is 2. The van der Waals surface area contributed by atoms with Gasteiger partial charge in [-0.25, -0.2) is 14.4 Å². The summed E-state index contributed by atoms with van der Waals surface area (Å²) >= 11 is 6.15. The van der Waals surface area contributed by atoms with Crippen molar-refractivity contribution in [3.63, 3.8) is 0 Å². The molecule has 9 heteroatoms. The Labute approximate surface area is 177 Å². The molecule has 0 unspecified atom stereocenters. The molecule has 30 heavy (non-hydrogen) atoms. The summed E-state index contributed by atoms with van der Waals surface area (Å²) in [5.74, 6) is -1.36. The van der Waals surface area contributed by atoms with Gasteiger partial charge in [-0.15, -0.1) is 0 Å². The predicted molar refractivity (Wildman–Crippen MR) is 113 cm³/mol. The van der Waals surface area contributed by atoms with Crippen molar-refractivity contribution in [2.24, 2.45) is 0 Å². The van der Waals surface area contributed by atoms with Crippen LogP contribution in [0.3, 0.4) is 0 Å². The minimum atomic E-state index is -0.487. The van der Waals surface area contributed by atoms with Gasteiger partial charge in [0.15, 0.2) is 11.5 Å². The van der Waals surface area contributed by atoms with Crippen LogP contribution in [0.25, 0.3) is 11.3 Å². The van der Waals surface area contributed by atoms with Crippen LogP contribution in [-0.4, -0.2) is 28.8 Å². The molecule has 154 valence electrons. The van der Waals surface area contributed by atoms with Gasteiger partial charge in [-0.05, 0) is 30.7 Å². The number of carbonyl (C=O) groups is 2. The normalized spacial score (nSPS) is 10.5. The van der Waals surface area contributed by atoms with Crippen molar-refractivity contribution in [3.05, 3.63) is 75.8 Å². The fraction of sp³-hybridized carbons (Fsp3) is 0.143. The lowest BCUT2D eigenvalue weighted by molar-refractivity contribution is 0.0945. The summed E-state index contributed by atoms with van der Waals surface area (Å²) in [6.07, 6.45) is 1.42. The number of benzene rings is 2. The lowest BCUT2D eigenvalue weighted by Gasteiger charge is -2.11. The van der Waals surface area contributed by atoms with E-state index in [1.165, 1.54) is 19.3 Å². The number of rotatable bonds is 5. The van der Waals surface area contributed by atoms with E-state index in [4.69, 9.17) is 17.3 Å². The first-order valence-corrected chi connectivity index (χ1v) is 9.36. The summed E-state index contributed by atoms with van der Waals surface area (Å²) in [5.41, 5.74) is 7.93. The summed E-state index contributed by atoms with van der Waals surface area (Å²) in [6.45, 7) is 1.70. The molecule has 3 aromatic rings. The van der Waals surface area contributed by atoms with Gasteiger partial charge in [0.1, 0.15) is 5.82 Å². The first-order valence-electron chi connectivity index (χ1n) is 8.98. The topological polar surface area (TPSA) is 110 Å². The fourth-order valence-electron chi connectivity index (χ4n) is 2.79. The van der Waals surface area contributed by atoms with Crippen molar-refractivity contribution < 1.29 is 14.0 Å². The number of nitrogen functional groups attached to an aromatic ring is 1. The van der Waals surface area contributed by atoms with Crippen LogP contribution in [0, 0.1) is 12.7 Å². The van der Waals surface area contributed by atoms with Crippen molar-refractivity contribution in [1.82, 2.24) is 20.6 Å². The van der Waals surface area contributed by atoms with Gasteiger partial charge < -0.3 is 16.4 Å². The highest BCUT2D eigenvalue weighted by molar-refractivity contribution is 6.32. The SMILES string of the molecule is CNC(=O)c1nc(-c2cccc(C(=O)NCc3c(F)ccc(C)c3Cl)c2)cnc1N. The predicted octanol–water partition coefficient (Wildman–Crippen LogP) is 3.12. The van der Waals surface area contributed by atoms with Crippen molar-refractivity contribution in [1.29, 1.82) is 0 Å². The number of carbonyl (C=O) groups excluding carboxylic acids is 2. The van der Waals surface area contributed by atoms with E-state index in [1.807, 2.05) is 0 Å². The molecule has 0 aliphatic heterocycles. The molecule has 1 aromatic heterocycles. The molecule has 2 aromatic carbocycles. The molecule has 7 nitrogen and oxygen atoms in total. The molecular formula is C21H19ClFN5O2. The molecule has 0 atom stereocenters. The summed E-state index contributed by atoms with van der Waals surface area (Å²) in [4.78, 5) is 32.7. The highest BCUT2D eigenvalue weighted by Crippen LogP contribution is 2.24. The van der Waals surface area contributed by atoms with Crippen molar-refractivity contribution >= 4 is 29.2 Å². The smallest absolute Gasteiger partial charge is 0.273 e. The lowest BCUT2D eigenvalue weighted by Crippen LogP contribution is -2.23. The van der Waals surface area contributed by atoms with Crippen LogP contribution < -0.4 is 16.4 Å². The second kappa shape index (κ2) is 8.87. The summed E-state index contributed by atoms with van der Waals surface area (Å²) in [7, 11) is 1.46. The van der Waals surface area contributed by atoms with Crippen LogP contribution in [0.2, 0.25) is 5.02 Å². The number of amides is 2. The van der Waals surface area contributed by atoms with Gasteiger partial charge in [0.25, 0.3) is 11.8 Å². The molecule has 0 fully saturated rings. The van der Waals surface area contributed by atoms with Crippen LogP contribution >= 0.6 is 11.6 Å². The maximum atomic E-state index is 14.0. The molecule has 4 N–H and O–H groups in total. The van der Waals surface area contributed by atoms with Crippen molar-refractivity contribution in [2.75, 3.05) is 12.8 Å². The van der Waals surface area contributed by atoms with Crippen LogP contribution in [-0.2, 0) is 6.54 Å². The Balaban J connectivity index is 1.83. The van der Waals surface area contributed by atoms with Crippen LogP contribution in [0.4, 0.5) is 10.2 Å². The van der Waals surface area contributed by atoms with E-state index < -0.39 is 17.6 Å². The third kappa shape index (κ3) is 4.38. The number of nitrogens with one attached hydrogen (secondary N) is 2. The highest BCUT2D eigenvalue weighted by atomic mass is 35.5. The minimum Gasteiger partial charge on any atom is -0.382 e. The molecule has 0 radical (unpaired) electrons. The Morgan fingerprint density at radius 1 is 1.20 bits per heavy atom. The Bertz CT molecular complexity index is 1140. The quantitative estimate of drug-likeness (QED) is 0.579. The summed E-state index contributed by atoms with van der Waals surface area (Å²) in [6, 6.07) is 9.49. The average Bonchev–Trinajstić information content (AvgIpc) is 2.76. The van der Waals surface area contributed by atoms with E-state index >= 15 is 0 Å². The van der Waals surface area contributed by atoms with E-state index in [-0.39, 0.29) is 28.6 Å². The highest BCUT2D eigenvalue weighted by Gasteiger charge is 2.15. The number of hydrogen-bond donors (Lipinski definition) is 3. The Kier molecular flexibility index (Phi) is 6.27. The van der Waals surface area contributed by atoms with Crippen LogP contribution in [0.1, 0.15) is 32.0 Å². The maximum Gasteiger partial charge on any atom is 0.273 e. The van der Waals surface area contributed by atoms with Gasteiger partial charge in [0.05, 0.1) is 16.9 Å². The lowest BCUT2D eigenvalue weighted by atomic mass is 10.1. The summed E-state index contributed by atoms with van der Waals surface area (Å²) in [5, 5.41) is 5.40. The standard InChI is InChI=1S/C21H19ClFN5O2/c1-11-6-7-15(23)14(17(11)22)9-27-20(29)13-5-3-4-12(8-13)16-10-26-19(24)18(28-16)21(30)25-2/h3-8,10H,9H2,1-2H3,(H2,24,26)(H,25,30)(H,27,29). The molecule has 1 heterocycles. The van der Waals surface area contributed by atoms with Gasteiger partial charge in [0.2, 0.25) is 0 Å². The molecule has 2 amide bonds. The maximum absolute atomic E-state index is 14.0. The zero-order valence-corrected chi connectivity index (χ0v) is 17.0. The monoisotopic (exact) mass is 427 g/mol. The van der Waals surface area contributed by atoms with Gasteiger partial charge in [0, 0.05) is 30.3 Å². The number of aromatic nitrogens is 2. The van der Waals surface area contributed by atoms with Gasteiger partial charge >= 0.3 is 0 Å². The Morgan fingerprint density at radius 3 is 2.70 bits per heavy atom. The number of nitrogens with two attached hydrogens (primary N) is 1. The number of halogens is 2. The third-order valence-corrected chi connectivity index (χ3v) is 4.99. The second-order valence-electron chi connectivity index (χ2n) is 6.49. The molecule has 0 spiro atoms. The van der Waals surface area contributed by atoms with Crippen LogP contribution in [0.5, 0.6) is 0 Å². The molecule has 3 rings (SSSR count). The van der Waals surface area contributed by atoms with Gasteiger partial charge in [-0.2, -0.15) is 0 Å². The van der Waals surface area contributed by atoms with Crippen molar-refractivity contribution in [3.8, 4) is 11.3 Å². The zero-order valence-electron chi connectivity index (χ0n) is 16.3. The number of hydrogen-bond acceptors (Lipinski definition) is 5. The molecule has 0 saturated heterocycles. The fourth-order valence-corrected chi connectivity index (χ4v) is 3.01. The zero-order chi connectivity index (χ0) is 21.8. The first-order chi connectivity index (χ1) is 14.3. The molecule has 0 saturated carbocycles. The van der Waals surface area contributed by atoms with Gasteiger partial charge in [-0.3, -0.25) is 9.59 Å². The Hall–Kier alpha value is -3.52. The van der Waals surface area contributed by atoms with E-state index in [0.717, 1.165) is 5.56 Å². The third-order valence-electron chi connectivity index (χ3n) is 4.47. The van der Waals surface area contributed by atoms with Crippen LogP contribution in [0.15, 0.2) is 42.6 Å². The second-order valence-corrected chi connectivity index (χ2v) is 6.87. The molecule has 0 aliphatic carbocycles. The largest absolute Gasteiger partial charge is 0.382 e. The van der Waals surface area contributed by atoms with E-state index in [9.17, 15) is 14.0 Å².